The first-order chi connectivity index (χ1) is 12.0. The molecule has 130 valence electrons. The van der Waals surface area contributed by atoms with Crippen LogP contribution >= 0.6 is 23.2 Å². The van der Waals surface area contributed by atoms with E-state index >= 15 is 0 Å². The quantitative estimate of drug-likeness (QED) is 0.719. The van der Waals surface area contributed by atoms with E-state index in [1.165, 1.54) is 0 Å². The van der Waals surface area contributed by atoms with E-state index in [0.29, 0.717) is 29.6 Å². The summed E-state index contributed by atoms with van der Waals surface area (Å²) in [4.78, 5) is 16.9. The Bertz CT molecular complexity index is 992. The van der Waals surface area contributed by atoms with E-state index < -0.39 is 6.61 Å². The number of benzene rings is 1. The van der Waals surface area contributed by atoms with Crippen molar-refractivity contribution < 1.29 is 9.90 Å². The third-order valence-electron chi connectivity index (χ3n) is 4.62. The first-order valence-electron chi connectivity index (χ1n) is 7.89. The number of H-pyrrole nitrogens is 1. The number of aryl methyl sites for hydroxylation is 1. The molecule has 1 amide bonds. The van der Waals surface area contributed by atoms with Crippen LogP contribution in [0.2, 0.25) is 10.0 Å². The average molecular weight is 379 g/mol. The number of aliphatic hydroxyl groups excluding tert-OH is 1. The highest BCUT2D eigenvalue weighted by Gasteiger charge is 2.27. The molecule has 0 radical (unpaired) electrons. The van der Waals surface area contributed by atoms with Gasteiger partial charge in [0, 0.05) is 55.0 Å². The lowest BCUT2D eigenvalue weighted by molar-refractivity contribution is -0.135. The van der Waals surface area contributed by atoms with Crippen molar-refractivity contribution in [3.05, 3.63) is 39.6 Å². The van der Waals surface area contributed by atoms with Gasteiger partial charge in [-0.3, -0.25) is 9.48 Å². The molecule has 0 bridgehead atoms. The smallest absolute Gasteiger partial charge is 0.248 e. The van der Waals surface area contributed by atoms with Gasteiger partial charge < -0.3 is 15.0 Å². The summed E-state index contributed by atoms with van der Waals surface area (Å²) < 4.78 is 1.73. The lowest BCUT2D eigenvalue weighted by Crippen LogP contribution is -2.37. The molecule has 4 rings (SSSR count). The van der Waals surface area contributed by atoms with Gasteiger partial charge in [0.25, 0.3) is 0 Å². The number of carbonyl (C=O) groups excluding carboxylic acids is 1. The Labute approximate surface area is 153 Å². The summed E-state index contributed by atoms with van der Waals surface area (Å²) in [6.07, 6.45) is 2.54. The second-order valence-corrected chi connectivity index (χ2v) is 6.94. The average Bonchev–Trinajstić information content (AvgIpc) is 3.20. The van der Waals surface area contributed by atoms with Crippen LogP contribution in [0.4, 0.5) is 0 Å². The molecule has 25 heavy (non-hydrogen) atoms. The van der Waals surface area contributed by atoms with Crippen molar-refractivity contribution in [3.8, 4) is 11.3 Å². The minimum Gasteiger partial charge on any atom is -0.387 e. The molecular formula is C17H16Cl2N4O2. The molecule has 0 unspecified atom stereocenters. The Hall–Kier alpha value is -2.02. The van der Waals surface area contributed by atoms with E-state index in [4.69, 9.17) is 28.3 Å². The van der Waals surface area contributed by atoms with Gasteiger partial charge in [-0.2, -0.15) is 5.10 Å². The van der Waals surface area contributed by atoms with E-state index in [0.717, 1.165) is 33.4 Å². The van der Waals surface area contributed by atoms with Crippen LogP contribution in [0.5, 0.6) is 0 Å². The highest BCUT2D eigenvalue weighted by atomic mass is 35.5. The maximum atomic E-state index is 11.9. The van der Waals surface area contributed by atoms with Crippen molar-refractivity contribution in [1.82, 2.24) is 19.7 Å². The molecule has 0 atom stereocenters. The largest absolute Gasteiger partial charge is 0.387 e. The third kappa shape index (κ3) is 2.61. The number of nitrogens with zero attached hydrogens (tertiary/aromatic N) is 3. The highest BCUT2D eigenvalue weighted by molar-refractivity contribution is 6.45. The number of aromatic amines is 1. The van der Waals surface area contributed by atoms with Crippen LogP contribution in [0.15, 0.2) is 18.3 Å². The molecule has 0 aliphatic carbocycles. The maximum Gasteiger partial charge on any atom is 0.248 e. The number of halogens is 2. The third-order valence-corrected chi connectivity index (χ3v) is 5.41. The van der Waals surface area contributed by atoms with Crippen LogP contribution in [-0.4, -0.2) is 43.8 Å². The number of amides is 1. The molecule has 1 aliphatic rings. The Morgan fingerprint density at radius 1 is 1.44 bits per heavy atom. The zero-order valence-electron chi connectivity index (χ0n) is 13.5. The number of fused-ring (bicyclic) bond motifs is 3. The predicted octanol–water partition coefficient (Wildman–Crippen LogP) is 2.75. The van der Waals surface area contributed by atoms with Gasteiger partial charge in [-0.25, -0.2) is 0 Å². The van der Waals surface area contributed by atoms with E-state index in [1.807, 2.05) is 25.4 Å². The predicted molar refractivity (Wildman–Crippen MR) is 96.7 cm³/mol. The number of nitrogens with one attached hydrogen (secondary N) is 1. The maximum absolute atomic E-state index is 11.9. The van der Waals surface area contributed by atoms with Crippen LogP contribution < -0.4 is 0 Å². The number of hydrogen-bond donors (Lipinski definition) is 2. The minimum absolute atomic E-state index is 0.278. The normalized spacial score (nSPS) is 14.2. The van der Waals surface area contributed by atoms with E-state index in [9.17, 15) is 4.79 Å². The zero-order valence-corrected chi connectivity index (χ0v) is 15.0. The molecular weight excluding hydrogens is 363 g/mol. The summed E-state index contributed by atoms with van der Waals surface area (Å²) in [5, 5.41) is 15.5. The lowest BCUT2D eigenvalue weighted by Gasteiger charge is -2.26. The summed E-state index contributed by atoms with van der Waals surface area (Å²) in [5.74, 6) is -0.278. The topological polar surface area (TPSA) is 74.2 Å². The molecule has 0 spiro atoms. The molecule has 0 saturated heterocycles. The molecule has 8 heteroatoms. The van der Waals surface area contributed by atoms with Crippen molar-refractivity contribution in [1.29, 1.82) is 0 Å². The van der Waals surface area contributed by atoms with Crippen LogP contribution in [-0.2, 0) is 24.8 Å². The van der Waals surface area contributed by atoms with Gasteiger partial charge in [-0.15, -0.1) is 0 Å². The Morgan fingerprint density at radius 3 is 2.92 bits per heavy atom. The summed E-state index contributed by atoms with van der Waals surface area (Å²) in [6, 6.07) is 3.73. The molecule has 2 aromatic heterocycles. The molecule has 6 nitrogen and oxygen atoms in total. The van der Waals surface area contributed by atoms with E-state index in [2.05, 4.69) is 10.1 Å². The number of aliphatic hydroxyl groups is 1. The molecule has 1 aliphatic heterocycles. The SMILES string of the molecule is Cn1ccc(-c2cc(Cl)c(Cl)c3[nH]c4c(c23)CN(C(=O)CO)CC4)n1. The van der Waals surface area contributed by atoms with Crippen LogP contribution in [0.3, 0.4) is 0 Å². The first kappa shape index (κ1) is 16.4. The van der Waals surface area contributed by atoms with Crippen molar-refractivity contribution in [2.75, 3.05) is 13.2 Å². The number of rotatable bonds is 2. The summed E-state index contributed by atoms with van der Waals surface area (Å²) in [5.41, 5.74) is 4.47. The standard InChI is InChI=1S/C17H16Cl2N4O2/c1-22-4-2-13(21-22)9-6-11(18)16(19)17-15(9)10-7-23(14(25)8-24)5-3-12(10)20-17/h2,4,6,20,24H,3,5,7-8H2,1H3. The lowest BCUT2D eigenvalue weighted by atomic mass is 9.99. The van der Waals surface area contributed by atoms with Crippen molar-refractivity contribution in [2.45, 2.75) is 13.0 Å². The Morgan fingerprint density at radius 2 is 2.24 bits per heavy atom. The molecule has 3 aromatic rings. The van der Waals surface area contributed by atoms with Gasteiger partial charge in [0.05, 0.1) is 21.3 Å². The van der Waals surface area contributed by atoms with Gasteiger partial charge in [-0.1, -0.05) is 23.2 Å². The molecule has 0 fully saturated rings. The Balaban J connectivity index is 1.96. The second-order valence-electron chi connectivity index (χ2n) is 6.15. The molecule has 2 N–H and O–H groups in total. The fourth-order valence-corrected chi connectivity index (χ4v) is 3.81. The van der Waals surface area contributed by atoms with Gasteiger partial charge in [0.15, 0.2) is 0 Å². The molecule has 3 heterocycles. The second kappa shape index (κ2) is 6.05. The van der Waals surface area contributed by atoms with Gasteiger partial charge in [-0.05, 0) is 12.1 Å². The summed E-state index contributed by atoms with van der Waals surface area (Å²) >= 11 is 12.8. The number of hydrogen-bond acceptors (Lipinski definition) is 3. The number of carbonyl (C=O) groups is 1. The Kier molecular flexibility index (Phi) is 3.98. The van der Waals surface area contributed by atoms with Crippen molar-refractivity contribution in [3.63, 3.8) is 0 Å². The fourth-order valence-electron chi connectivity index (χ4n) is 3.41. The molecule has 0 saturated carbocycles. The minimum atomic E-state index is -0.489. The van der Waals surface area contributed by atoms with Gasteiger partial charge in [0.1, 0.15) is 6.61 Å². The summed E-state index contributed by atoms with van der Waals surface area (Å²) in [6.45, 7) is 0.493. The van der Waals surface area contributed by atoms with Crippen molar-refractivity contribution >= 4 is 40.0 Å². The zero-order chi connectivity index (χ0) is 17.7. The van der Waals surface area contributed by atoms with E-state index in [1.54, 1.807) is 9.58 Å². The van der Waals surface area contributed by atoms with Gasteiger partial charge in [0.2, 0.25) is 5.91 Å². The monoisotopic (exact) mass is 378 g/mol. The van der Waals surface area contributed by atoms with Crippen LogP contribution in [0, 0.1) is 0 Å². The number of aromatic nitrogens is 3. The fraction of sp³-hybridized carbons (Fsp3) is 0.294. The summed E-state index contributed by atoms with van der Waals surface area (Å²) in [7, 11) is 1.85. The van der Waals surface area contributed by atoms with E-state index in [-0.39, 0.29) is 5.91 Å². The first-order valence-corrected chi connectivity index (χ1v) is 8.65. The highest BCUT2D eigenvalue weighted by Crippen LogP contribution is 2.41. The van der Waals surface area contributed by atoms with Crippen LogP contribution in [0.1, 0.15) is 11.3 Å². The molecule has 1 aromatic carbocycles. The van der Waals surface area contributed by atoms with Crippen LogP contribution in [0.25, 0.3) is 22.2 Å². The van der Waals surface area contributed by atoms with Crippen molar-refractivity contribution in [2.24, 2.45) is 7.05 Å². The van der Waals surface area contributed by atoms with Gasteiger partial charge >= 0.3 is 0 Å².